The van der Waals surface area contributed by atoms with E-state index in [1.165, 1.54) is 4.57 Å². The molecule has 7 heteroatoms. The molecule has 0 saturated heterocycles. The Hall–Kier alpha value is -3.35. The van der Waals surface area contributed by atoms with E-state index >= 15 is 0 Å². The number of nitrogens with zero attached hydrogens (tertiary/aromatic N) is 4. The van der Waals surface area contributed by atoms with Crippen LogP contribution in [0.4, 0.5) is 5.95 Å². The first-order chi connectivity index (χ1) is 13.1. The molecule has 1 amide bonds. The number of benzene rings is 2. The van der Waals surface area contributed by atoms with Gasteiger partial charge < -0.3 is 4.57 Å². The second-order valence-corrected chi connectivity index (χ2v) is 6.32. The molecule has 0 aliphatic heterocycles. The Labute approximate surface area is 155 Å². The van der Waals surface area contributed by atoms with Crippen LogP contribution in [0.25, 0.3) is 22.1 Å². The number of hydrogen-bond donors (Lipinski definition) is 1. The minimum absolute atomic E-state index is 0.0563. The van der Waals surface area contributed by atoms with Gasteiger partial charge in [-0.3, -0.25) is 19.2 Å². The van der Waals surface area contributed by atoms with E-state index in [-0.39, 0.29) is 18.1 Å². The van der Waals surface area contributed by atoms with Crippen LogP contribution in [0.3, 0.4) is 0 Å². The van der Waals surface area contributed by atoms with Crippen LogP contribution in [0.15, 0.2) is 53.3 Å². The lowest BCUT2D eigenvalue weighted by atomic mass is 10.3. The number of aromatic nitrogens is 4. The second kappa shape index (κ2) is 6.75. The van der Waals surface area contributed by atoms with Crippen LogP contribution in [0.2, 0.25) is 0 Å². The number of para-hydroxylation sites is 4. The van der Waals surface area contributed by atoms with Crippen molar-refractivity contribution in [1.29, 1.82) is 0 Å². The lowest BCUT2D eigenvalue weighted by Gasteiger charge is -2.08. The quantitative estimate of drug-likeness (QED) is 0.592. The van der Waals surface area contributed by atoms with E-state index in [0.717, 1.165) is 22.1 Å². The zero-order valence-electron chi connectivity index (χ0n) is 15.3. The molecular formula is C20H21N5O2. The Morgan fingerprint density at radius 3 is 2.15 bits per heavy atom. The number of anilines is 1. The molecule has 0 radical (unpaired) electrons. The lowest BCUT2D eigenvalue weighted by Crippen LogP contribution is -2.29. The Balaban J connectivity index is 1.67. The molecule has 4 rings (SSSR count). The molecule has 2 aromatic heterocycles. The molecule has 0 aliphatic carbocycles. The molecule has 138 valence electrons. The van der Waals surface area contributed by atoms with Gasteiger partial charge in [-0.25, -0.2) is 9.78 Å². The van der Waals surface area contributed by atoms with Crippen LogP contribution in [-0.2, 0) is 24.4 Å². The highest BCUT2D eigenvalue weighted by molar-refractivity contribution is 5.92. The van der Waals surface area contributed by atoms with Crippen molar-refractivity contribution < 1.29 is 4.79 Å². The molecule has 0 aliphatic rings. The average molecular weight is 363 g/mol. The third-order valence-electron chi connectivity index (χ3n) is 4.77. The Morgan fingerprint density at radius 1 is 0.889 bits per heavy atom. The third kappa shape index (κ3) is 2.81. The summed E-state index contributed by atoms with van der Waals surface area (Å²) in [6, 6.07) is 15.3. The van der Waals surface area contributed by atoms with E-state index in [9.17, 15) is 9.59 Å². The van der Waals surface area contributed by atoms with Gasteiger partial charge in [-0.05, 0) is 38.1 Å². The average Bonchev–Trinajstić information content (AvgIpc) is 3.16. The van der Waals surface area contributed by atoms with Gasteiger partial charge in [0.25, 0.3) is 0 Å². The van der Waals surface area contributed by atoms with Gasteiger partial charge in [-0.2, -0.15) is 0 Å². The molecule has 0 spiro atoms. The summed E-state index contributed by atoms with van der Waals surface area (Å²) in [4.78, 5) is 29.9. The van der Waals surface area contributed by atoms with Crippen molar-refractivity contribution in [1.82, 2.24) is 18.7 Å². The van der Waals surface area contributed by atoms with Crippen molar-refractivity contribution in [2.75, 3.05) is 5.32 Å². The van der Waals surface area contributed by atoms with Crippen molar-refractivity contribution in [3.63, 3.8) is 0 Å². The summed E-state index contributed by atoms with van der Waals surface area (Å²) in [5.74, 6) is 0.220. The molecular weight excluding hydrogens is 342 g/mol. The number of imidazole rings is 2. The Morgan fingerprint density at radius 2 is 1.48 bits per heavy atom. The fraction of sp³-hybridized carbons (Fsp3) is 0.250. The highest BCUT2D eigenvalue weighted by atomic mass is 16.2. The molecule has 2 aromatic carbocycles. The molecule has 0 atom stereocenters. The van der Waals surface area contributed by atoms with Gasteiger partial charge in [-0.15, -0.1) is 0 Å². The summed E-state index contributed by atoms with van der Waals surface area (Å²) in [6.45, 7) is 5.11. The van der Waals surface area contributed by atoms with Crippen LogP contribution >= 0.6 is 0 Å². The fourth-order valence-corrected chi connectivity index (χ4v) is 3.53. The molecule has 0 unspecified atom stereocenters. The van der Waals surface area contributed by atoms with Crippen molar-refractivity contribution in [3.8, 4) is 0 Å². The highest BCUT2D eigenvalue weighted by Crippen LogP contribution is 2.19. The first kappa shape index (κ1) is 17.1. The van der Waals surface area contributed by atoms with Crippen LogP contribution < -0.4 is 11.0 Å². The first-order valence-electron chi connectivity index (χ1n) is 9.07. The number of rotatable bonds is 5. The molecule has 27 heavy (non-hydrogen) atoms. The Bertz CT molecular complexity index is 1200. The molecule has 0 bridgehead atoms. The van der Waals surface area contributed by atoms with Crippen molar-refractivity contribution >= 4 is 33.9 Å². The van der Waals surface area contributed by atoms with Crippen LogP contribution in [0.1, 0.15) is 13.8 Å². The van der Waals surface area contributed by atoms with Gasteiger partial charge in [0, 0.05) is 13.1 Å². The van der Waals surface area contributed by atoms with Gasteiger partial charge in [-0.1, -0.05) is 24.3 Å². The first-order valence-corrected chi connectivity index (χ1v) is 9.07. The second-order valence-electron chi connectivity index (χ2n) is 6.32. The zero-order chi connectivity index (χ0) is 19.0. The van der Waals surface area contributed by atoms with E-state index in [0.29, 0.717) is 19.0 Å². The summed E-state index contributed by atoms with van der Waals surface area (Å²) in [5, 5.41) is 2.86. The van der Waals surface area contributed by atoms with E-state index in [1.54, 1.807) is 4.57 Å². The minimum atomic E-state index is -0.277. The summed E-state index contributed by atoms with van der Waals surface area (Å²) in [7, 11) is 0. The molecule has 4 aromatic rings. The lowest BCUT2D eigenvalue weighted by molar-refractivity contribution is -0.116. The predicted molar refractivity (Wildman–Crippen MR) is 106 cm³/mol. The summed E-state index contributed by atoms with van der Waals surface area (Å²) in [6.07, 6.45) is 0. The minimum Gasteiger partial charge on any atom is -0.310 e. The topological polar surface area (TPSA) is 73.8 Å². The predicted octanol–water partition coefficient (Wildman–Crippen LogP) is 2.83. The summed E-state index contributed by atoms with van der Waals surface area (Å²) < 4.78 is 5.13. The van der Waals surface area contributed by atoms with Gasteiger partial charge in [0.2, 0.25) is 11.9 Å². The van der Waals surface area contributed by atoms with Crippen LogP contribution in [-0.4, -0.2) is 24.6 Å². The molecule has 0 fully saturated rings. The van der Waals surface area contributed by atoms with Gasteiger partial charge >= 0.3 is 5.69 Å². The van der Waals surface area contributed by atoms with E-state index in [4.69, 9.17) is 0 Å². The van der Waals surface area contributed by atoms with Gasteiger partial charge in [0.05, 0.1) is 22.1 Å². The largest absolute Gasteiger partial charge is 0.329 e. The standard InChI is InChI=1S/C20H21N5O2/c1-3-23-15-10-6-5-9-14(15)21-19(23)22-18(26)13-25-17-12-8-7-11-16(17)24(4-2)20(25)27/h5-12H,3-4,13H2,1-2H3,(H,21,22,26). The SMILES string of the molecule is CCn1c(NC(=O)Cn2c(=O)n(CC)c3ccccc32)nc2ccccc21. The molecule has 0 saturated carbocycles. The molecule has 7 nitrogen and oxygen atoms in total. The number of amides is 1. The number of carbonyl (C=O) groups excluding carboxylic acids is 1. The Kier molecular flexibility index (Phi) is 4.27. The number of fused-ring (bicyclic) bond motifs is 2. The zero-order valence-corrected chi connectivity index (χ0v) is 15.3. The molecule has 1 N–H and O–H groups in total. The maximum Gasteiger partial charge on any atom is 0.329 e. The smallest absolute Gasteiger partial charge is 0.310 e. The van der Waals surface area contributed by atoms with Crippen molar-refractivity contribution in [2.24, 2.45) is 0 Å². The van der Waals surface area contributed by atoms with E-state index in [1.807, 2.05) is 66.9 Å². The fourth-order valence-electron chi connectivity index (χ4n) is 3.53. The van der Waals surface area contributed by atoms with Crippen LogP contribution in [0.5, 0.6) is 0 Å². The van der Waals surface area contributed by atoms with Gasteiger partial charge in [0.1, 0.15) is 6.54 Å². The van der Waals surface area contributed by atoms with Crippen molar-refractivity contribution in [2.45, 2.75) is 33.5 Å². The number of aryl methyl sites for hydroxylation is 2. The van der Waals surface area contributed by atoms with Crippen LogP contribution in [0, 0.1) is 0 Å². The maximum absolute atomic E-state index is 12.7. The number of nitrogens with one attached hydrogen (secondary N) is 1. The maximum atomic E-state index is 12.7. The summed E-state index contributed by atoms with van der Waals surface area (Å²) >= 11 is 0. The van der Waals surface area contributed by atoms with E-state index < -0.39 is 0 Å². The normalized spacial score (nSPS) is 11.3. The monoisotopic (exact) mass is 363 g/mol. The summed E-state index contributed by atoms with van der Waals surface area (Å²) in [5.41, 5.74) is 3.20. The van der Waals surface area contributed by atoms with Crippen molar-refractivity contribution in [3.05, 3.63) is 59.0 Å². The van der Waals surface area contributed by atoms with E-state index in [2.05, 4.69) is 10.3 Å². The molecule has 2 heterocycles. The third-order valence-corrected chi connectivity index (χ3v) is 4.77. The number of carbonyl (C=O) groups is 1. The highest BCUT2D eigenvalue weighted by Gasteiger charge is 2.16. The number of hydrogen-bond acceptors (Lipinski definition) is 3. The van der Waals surface area contributed by atoms with Gasteiger partial charge in [0.15, 0.2) is 0 Å².